The normalized spacial score (nSPS) is 13.6. The largest absolute Gasteiger partial charge is 0.486 e. The first-order valence-electron chi connectivity index (χ1n) is 11.0. The number of hydrogen-bond donors (Lipinski definition) is 0. The summed E-state index contributed by atoms with van der Waals surface area (Å²) in [6.07, 6.45) is 7.50. The van der Waals surface area contributed by atoms with Crippen LogP contribution in [0.5, 0.6) is 5.75 Å². The molecule has 0 atom stereocenters. The van der Waals surface area contributed by atoms with E-state index in [9.17, 15) is 0 Å². The summed E-state index contributed by atoms with van der Waals surface area (Å²) in [6.45, 7) is 2.43. The molecule has 0 bridgehead atoms. The topological polar surface area (TPSA) is 47.4 Å². The van der Waals surface area contributed by atoms with Gasteiger partial charge in [-0.05, 0) is 79.1 Å². The van der Waals surface area contributed by atoms with Crippen LogP contribution < -0.4 is 4.74 Å². The van der Waals surface area contributed by atoms with Crippen LogP contribution in [-0.4, -0.2) is 16.2 Å². The number of aromatic nitrogens is 2. The molecule has 0 saturated heterocycles. The van der Waals surface area contributed by atoms with Crippen molar-refractivity contribution in [2.24, 2.45) is 4.99 Å². The van der Waals surface area contributed by atoms with Gasteiger partial charge in [0.15, 0.2) is 5.82 Å². The van der Waals surface area contributed by atoms with Crippen molar-refractivity contribution in [3.8, 4) is 5.75 Å². The Morgan fingerprint density at radius 2 is 1.88 bits per heavy atom. The molecule has 5 rings (SSSR count). The van der Waals surface area contributed by atoms with Crippen molar-refractivity contribution in [3.05, 3.63) is 81.1 Å². The zero-order valence-corrected chi connectivity index (χ0v) is 19.5. The Labute approximate surface area is 197 Å². The standard InChI is InChI=1S/C26H24ClN3OS/c1-2-18-7-3-5-9-21(18)28-15-17-11-13-19(14-12-17)31-16-23-29-25(27)24-20-8-4-6-10-22(20)32-26(24)30-23/h3,5,7,9,11-15H,2,4,6,8,10,16H2,1H3. The van der Waals surface area contributed by atoms with Gasteiger partial charge in [0, 0.05) is 11.1 Å². The van der Waals surface area contributed by atoms with E-state index < -0.39 is 0 Å². The highest BCUT2D eigenvalue weighted by atomic mass is 35.5. The second-order valence-corrected chi connectivity index (χ2v) is 9.36. The van der Waals surface area contributed by atoms with Gasteiger partial charge in [0.25, 0.3) is 0 Å². The van der Waals surface area contributed by atoms with Crippen molar-refractivity contribution in [2.75, 3.05) is 0 Å². The fraction of sp³-hybridized carbons (Fsp3) is 0.269. The van der Waals surface area contributed by atoms with Gasteiger partial charge in [-0.1, -0.05) is 36.7 Å². The molecular formula is C26H24ClN3OS. The first-order chi connectivity index (χ1) is 15.7. The van der Waals surface area contributed by atoms with Crippen molar-refractivity contribution >= 4 is 45.1 Å². The van der Waals surface area contributed by atoms with Crippen LogP contribution in [0.4, 0.5) is 5.69 Å². The number of halogens is 1. The maximum atomic E-state index is 6.54. The van der Waals surface area contributed by atoms with Crippen LogP contribution >= 0.6 is 22.9 Å². The molecule has 0 N–H and O–H groups in total. The van der Waals surface area contributed by atoms with Crippen molar-refractivity contribution in [1.29, 1.82) is 0 Å². The molecule has 4 nitrogen and oxygen atoms in total. The molecular weight excluding hydrogens is 438 g/mol. The van der Waals surface area contributed by atoms with E-state index in [-0.39, 0.29) is 6.61 Å². The van der Waals surface area contributed by atoms with E-state index in [2.05, 4.69) is 23.0 Å². The fourth-order valence-electron chi connectivity index (χ4n) is 4.10. The van der Waals surface area contributed by atoms with Gasteiger partial charge in [-0.3, -0.25) is 4.99 Å². The molecule has 0 spiro atoms. The molecule has 1 aliphatic carbocycles. The molecule has 0 amide bonds. The average Bonchev–Trinajstić information content (AvgIpc) is 3.21. The summed E-state index contributed by atoms with van der Waals surface area (Å²) in [5.41, 5.74) is 4.63. The fourth-order valence-corrected chi connectivity index (χ4v) is 5.73. The minimum absolute atomic E-state index is 0.287. The number of para-hydroxylation sites is 1. The molecule has 0 unspecified atom stereocenters. The van der Waals surface area contributed by atoms with E-state index in [1.54, 1.807) is 11.3 Å². The predicted octanol–water partition coefficient (Wildman–Crippen LogP) is 7.12. The summed E-state index contributed by atoms with van der Waals surface area (Å²) in [5, 5.41) is 1.59. The average molecular weight is 462 g/mol. The highest BCUT2D eigenvalue weighted by Gasteiger charge is 2.20. The molecule has 1 aliphatic rings. The molecule has 32 heavy (non-hydrogen) atoms. The second-order valence-electron chi connectivity index (χ2n) is 7.92. The Kier molecular flexibility index (Phi) is 6.19. The number of rotatable bonds is 6. The minimum atomic E-state index is 0.287. The Balaban J connectivity index is 1.27. The lowest BCUT2D eigenvalue weighted by molar-refractivity contribution is 0.296. The van der Waals surface area contributed by atoms with E-state index in [0.29, 0.717) is 11.0 Å². The van der Waals surface area contributed by atoms with Gasteiger partial charge in [0.1, 0.15) is 22.3 Å². The van der Waals surface area contributed by atoms with Crippen LogP contribution in [0.3, 0.4) is 0 Å². The highest BCUT2D eigenvalue weighted by molar-refractivity contribution is 7.19. The van der Waals surface area contributed by atoms with E-state index in [4.69, 9.17) is 21.3 Å². The zero-order valence-electron chi connectivity index (χ0n) is 18.0. The van der Waals surface area contributed by atoms with Crippen molar-refractivity contribution in [3.63, 3.8) is 0 Å². The number of fused-ring (bicyclic) bond motifs is 3. The smallest absolute Gasteiger partial charge is 0.169 e. The molecule has 4 aromatic rings. The third-order valence-corrected chi connectivity index (χ3v) is 7.25. The van der Waals surface area contributed by atoms with Crippen LogP contribution in [0, 0.1) is 0 Å². The molecule has 0 fully saturated rings. The maximum Gasteiger partial charge on any atom is 0.169 e. The lowest BCUT2D eigenvalue weighted by Crippen LogP contribution is -2.03. The number of aliphatic imine (C=N–C) groups is 1. The molecule has 0 saturated carbocycles. The van der Waals surface area contributed by atoms with Crippen LogP contribution in [0.15, 0.2) is 53.5 Å². The van der Waals surface area contributed by atoms with Crippen LogP contribution in [-0.2, 0) is 25.9 Å². The lowest BCUT2D eigenvalue weighted by atomic mass is 9.97. The number of hydrogen-bond acceptors (Lipinski definition) is 5. The zero-order chi connectivity index (χ0) is 21.9. The Hall–Kier alpha value is -2.76. The van der Waals surface area contributed by atoms with Gasteiger partial charge in [-0.2, -0.15) is 0 Å². The summed E-state index contributed by atoms with van der Waals surface area (Å²) in [5.74, 6) is 1.38. The third-order valence-electron chi connectivity index (χ3n) is 5.79. The lowest BCUT2D eigenvalue weighted by Gasteiger charge is -2.10. The molecule has 2 aromatic heterocycles. The van der Waals surface area contributed by atoms with E-state index in [1.807, 2.05) is 48.7 Å². The monoisotopic (exact) mass is 461 g/mol. The van der Waals surface area contributed by atoms with Gasteiger partial charge in [-0.25, -0.2) is 9.97 Å². The van der Waals surface area contributed by atoms with Gasteiger partial charge >= 0.3 is 0 Å². The van der Waals surface area contributed by atoms with Gasteiger partial charge < -0.3 is 4.74 Å². The highest BCUT2D eigenvalue weighted by Crippen LogP contribution is 2.38. The number of nitrogens with zero attached hydrogens (tertiary/aromatic N) is 3. The summed E-state index contributed by atoms with van der Waals surface area (Å²) in [7, 11) is 0. The van der Waals surface area contributed by atoms with Crippen LogP contribution in [0.1, 0.15) is 47.2 Å². The molecule has 0 radical (unpaired) electrons. The van der Waals surface area contributed by atoms with Gasteiger partial charge in [0.2, 0.25) is 0 Å². The second kappa shape index (κ2) is 9.39. The van der Waals surface area contributed by atoms with Gasteiger partial charge in [-0.15, -0.1) is 11.3 Å². The van der Waals surface area contributed by atoms with E-state index >= 15 is 0 Å². The molecule has 162 valence electrons. The number of benzene rings is 2. The minimum Gasteiger partial charge on any atom is -0.486 e. The molecule has 6 heteroatoms. The third kappa shape index (κ3) is 4.41. The summed E-state index contributed by atoms with van der Waals surface area (Å²) in [4.78, 5) is 16.3. The SMILES string of the molecule is CCc1ccccc1N=Cc1ccc(OCc2nc(Cl)c3c4c(sc3n2)CCCC4)cc1. The predicted molar refractivity (Wildman–Crippen MR) is 133 cm³/mol. The van der Waals surface area contributed by atoms with E-state index in [1.165, 1.54) is 28.8 Å². The quantitative estimate of drug-likeness (QED) is 0.227. The first kappa shape index (κ1) is 21.1. The van der Waals surface area contributed by atoms with Gasteiger partial charge in [0.05, 0.1) is 11.1 Å². The molecule has 2 heterocycles. The van der Waals surface area contributed by atoms with Crippen molar-refractivity contribution in [2.45, 2.75) is 45.6 Å². The van der Waals surface area contributed by atoms with Crippen LogP contribution in [0.25, 0.3) is 10.2 Å². The molecule has 0 aliphatic heterocycles. The summed E-state index contributed by atoms with van der Waals surface area (Å²) >= 11 is 8.29. The van der Waals surface area contributed by atoms with Crippen molar-refractivity contribution in [1.82, 2.24) is 9.97 Å². The van der Waals surface area contributed by atoms with Crippen LogP contribution in [0.2, 0.25) is 5.15 Å². The Morgan fingerprint density at radius 1 is 1.06 bits per heavy atom. The first-order valence-corrected chi connectivity index (χ1v) is 12.2. The van der Waals surface area contributed by atoms with Crippen molar-refractivity contribution < 1.29 is 4.74 Å². The van der Waals surface area contributed by atoms with E-state index in [0.717, 1.165) is 46.5 Å². The molecule has 2 aromatic carbocycles. The summed E-state index contributed by atoms with van der Waals surface area (Å²) < 4.78 is 5.93. The summed E-state index contributed by atoms with van der Waals surface area (Å²) in [6, 6.07) is 16.1. The Bertz CT molecular complexity index is 1280. The number of ether oxygens (including phenoxy) is 1. The Morgan fingerprint density at radius 3 is 2.72 bits per heavy atom. The number of aryl methyl sites for hydroxylation is 3. The maximum absolute atomic E-state index is 6.54. The number of thiophene rings is 1.